The number of benzene rings is 1. The largest absolute Gasteiger partial charge is 0.287 e. The Balaban J connectivity index is 2.35. The zero-order chi connectivity index (χ0) is 8.55. The quantitative estimate of drug-likeness (QED) is 0.577. The van der Waals surface area contributed by atoms with Gasteiger partial charge in [0, 0.05) is 0 Å². The highest BCUT2D eigenvalue weighted by Gasteiger charge is 2.27. The van der Waals surface area contributed by atoms with E-state index in [4.69, 9.17) is 0 Å². The van der Waals surface area contributed by atoms with Crippen LogP contribution in [0.5, 0.6) is 0 Å². The summed E-state index contributed by atoms with van der Waals surface area (Å²) in [5.41, 5.74) is 1.19. The molecule has 1 aliphatic rings. The highest BCUT2D eigenvalue weighted by atomic mass is 19.2. The van der Waals surface area contributed by atoms with Crippen LogP contribution in [0.2, 0.25) is 0 Å². The van der Waals surface area contributed by atoms with Gasteiger partial charge in [-0.25, -0.2) is 0 Å². The lowest BCUT2D eigenvalue weighted by atomic mass is 10.0. The molecule has 0 fully saturated rings. The maximum Gasteiger partial charge on any atom is 0.287 e. The molecule has 0 saturated carbocycles. The molecule has 0 spiro atoms. The predicted octanol–water partition coefficient (Wildman–Crippen LogP) is 1.75. The zero-order valence-corrected chi connectivity index (χ0v) is 6.20. The monoisotopic (exact) mass is 163 g/mol. The Morgan fingerprint density at radius 3 is 2.33 bits per heavy atom. The molecular weight excluding hydrogens is 157 g/mol. The standard InChI is InChI=1S/C9H6FNO/c10-11-6-8(9(11)12)7-4-2-1-3-5-7/h1-6H. The van der Waals surface area contributed by atoms with E-state index in [-0.39, 0.29) is 5.12 Å². The number of amides is 1. The number of halogens is 1. The summed E-state index contributed by atoms with van der Waals surface area (Å²) in [5.74, 6) is -0.568. The van der Waals surface area contributed by atoms with Crippen LogP contribution in [0.1, 0.15) is 5.56 Å². The minimum Gasteiger partial charge on any atom is -0.266 e. The van der Waals surface area contributed by atoms with Crippen molar-refractivity contribution in [3.8, 4) is 0 Å². The van der Waals surface area contributed by atoms with Crippen molar-refractivity contribution in [1.82, 2.24) is 5.12 Å². The molecule has 0 aliphatic carbocycles. The Hall–Kier alpha value is -1.64. The van der Waals surface area contributed by atoms with Gasteiger partial charge in [-0.1, -0.05) is 34.8 Å². The SMILES string of the molecule is O=C1C(c2ccccc2)=CN1F. The van der Waals surface area contributed by atoms with E-state index in [1.54, 1.807) is 12.1 Å². The average molecular weight is 163 g/mol. The summed E-state index contributed by atoms with van der Waals surface area (Å²) in [4.78, 5) is 10.8. The number of rotatable bonds is 1. The van der Waals surface area contributed by atoms with Crippen molar-refractivity contribution in [1.29, 1.82) is 0 Å². The van der Waals surface area contributed by atoms with Crippen LogP contribution in [-0.2, 0) is 4.79 Å². The first-order valence-electron chi connectivity index (χ1n) is 3.55. The van der Waals surface area contributed by atoms with Gasteiger partial charge in [-0.2, -0.15) is 0 Å². The van der Waals surface area contributed by atoms with Crippen LogP contribution in [0.25, 0.3) is 5.57 Å². The van der Waals surface area contributed by atoms with Crippen molar-refractivity contribution in [2.45, 2.75) is 0 Å². The van der Waals surface area contributed by atoms with E-state index < -0.39 is 5.91 Å². The van der Waals surface area contributed by atoms with Gasteiger partial charge in [-0.15, -0.1) is 5.12 Å². The highest BCUT2D eigenvalue weighted by Crippen LogP contribution is 2.25. The van der Waals surface area contributed by atoms with Gasteiger partial charge in [0.15, 0.2) is 0 Å². The first-order chi connectivity index (χ1) is 5.79. The Bertz CT molecular complexity index is 345. The van der Waals surface area contributed by atoms with Crippen molar-refractivity contribution in [3.63, 3.8) is 0 Å². The summed E-state index contributed by atoms with van der Waals surface area (Å²) in [7, 11) is 0. The fourth-order valence-electron chi connectivity index (χ4n) is 1.09. The molecule has 0 atom stereocenters. The van der Waals surface area contributed by atoms with Gasteiger partial charge in [0.05, 0.1) is 11.8 Å². The van der Waals surface area contributed by atoms with Crippen LogP contribution in [-0.4, -0.2) is 11.0 Å². The Morgan fingerprint density at radius 2 is 1.83 bits per heavy atom. The molecule has 0 aromatic heterocycles. The summed E-state index contributed by atoms with van der Waals surface area (Å²) in [6.45, 7) is 0. The van der Waals surface area contributed by atoms with E-state index in [0.29, 0.717) is 5.57 Å². The van der Waals surface area contributed by atoms with E-state index in [0.717, 1.165) is 5.56 Å². The van der Waals surface area contributed by atoms with Crippen LogP contribution in [0.15, 0.2) is 36.5 Å². The first kappa shape index (κ1) is 7.03. The molecule has 3 heteroatoms. The van der Waals surface area contributed by atoms with Gasteiger partial charge < -0.3 is 0 Å². The summed E-state index contributed by atoms with van der Waals surface area (Å²) >= 11 is 0. The second-order valence-electron chi connectivity index (χ2n) is 2.53. The smallest absolute Gasteiger partial charge is 0.266 e. The highest BCUT2D eigenvalue weighted by molar-refractivity contribution is 6.24. The second kappa shape index (κ2) is 2.44. The van der Waals surface area contributed by atoms with Gasteiger partial charge in [-0.05, 0) is 5.56 Å². The van der Waals surface area contributed by atoms with Gasteiger partial charge in [0.25, 0.3) is 5.91 Å². The normalized spacial score (nSPS) is 15.6. The van der Waals surface area contributed by atoms with Crippen LogP contribution in [0.3, 0.4) is 0 Å². The molecule has 0 unspecified atom stereocenters. The van der Waals surface area contributed by atoms with E-state index in [9.17, 15) is 9.28 Å². The summed E-state index contributed by atoms with van der Waals surface area (Å²) < 4.78 is 12.3. The molecule has 0 radical (unpaired) electrons. The third kappa shape index (κ3) is 0.906. The molecule has 0 bridgehead atoms. The third-order valence-corrected chi connectivity index (χ3v) is 1.75. The van der Waals surface area contributed by atoms with Gasteiger partial charge in [0.2, 0.25) is 0 Å². The molecule has 1 aromatic carbocycles. The van der Waals surface area contributed by atoms with Crippen molar-refractivity contribution in [2.75, 3.05) is 0 Å². The molecule has 1 heterocycles. The molecule has 2 nitrogen and oxygen atoms in total. The molecular formula is C9H6FNO. The zero-order valence-electron chi connectivity index (χ0n) is 6.20. The molecule has 1 aliphatic heterocycles. The van der Waals surface area contributed by atoms with Crippen molar-refractivity contribution in [2.24, 2.45) is 0 Å². The lowest BCUT2D eigenvalue weighted by Gasteiger charge is -2.19. The maximum absolute atomic E-state index is 12.3. The Kier molecular flexibility index (Phi) is 1.43. The fourth-order valence-corrected chi connectivity index (χ4v) is 1.09. The van der Waals surface area contributed by atoms with E-state index in [1.807, 2.05) is 18.2 Å². The van der Waals surface area contributed by atoms with Crippen LogP contribution >= 0.6 is 0 Å². The van der Waals surface area contributed by atoms with Crippen LogP contribution in [0.4, 0.5) is 4.48 Å². The number of hydrogen-bond donors (Lipinski definition) is 0. The average Bonchev–Trinajstić information content (AvgIpc) is 2.15. The number of hydrogen-bond acceptors (Lipinski definition) is 1. The molecule has 12 heavy (non-hydrogen) atoms. The molecule has 1 aromatic rings. The molecule has 1 amide bonds. The fraction of sp³-hybridized carbons (Fsp3) is 0. The summed E-state index contributed by atoms with van der Waals surface area (Å²) in [6.07, 6.45) is 1.18. The Morgan fingerprint density at radius 1 is 1.17 bits per heavy atom. The van der Waals surface area contributed by atoms with Crippen LogP contribution in [0, 0.1) is 0 Å². The van der Waals surface area contributed by atoms with Crippen LogP contribution < -0.4 is 0 Å². The number of nitrogens with zero attached hydrogens (tertiary/aromatic N) is 1. The third-order valence-electron chi connectivity index (χ3n) is 1.75. The number of carbonyl (C=O) groups excluding carboxylic acids is 1. The summed E-state index contributed by atoms with van der Waals surface area (Å²) in [6, 6.07) is 9.02. The molecule has 0 saturated heterocycles. The lowest BCUT2D eigenvalue weighted by molar-refractivity contribution is -0.137. The molecule has 2 rings (SSSR count). The van der Waals surface area contributed by atoms with E-state index in [2.05, 4.69) is 0 Å². The maximum atomic E-state index is 12.3. The topological polar surface area (TPSA) is 20.3 Å². The van der Waals surface area contributed by atoms with Crippen molar-refractivity contribution >= 4 is 11.5 Å². The second-order valence-corrected chi connectivity index (χ2v) is 2.53. The first-order valence-corrected chi connectivity index (χ1v) is 3.55. The van der Waals surface area contributed by atoms with Crippen molar-refractivity contribution < 1.29 is 9.28 Å². The number of carbonyl (C=O) groups is 1. The summed E-state index contributed by atoms with van der Waals surface area (Å²) in [5, 5.41) is 0.0856. The van der Waals surface area contributed by atoms with E-state index in [1.165, 1.54) is 6.20 Å². The molecule has 60 valence electrons. The van der Waals surface area contributed by atoms with Gasteiger partial charge >= 0.3 is 0 Å². The minimum atomic E-state index is -0.568. The van der Waals surface area contributed by atoms with E-state index >= 15 is 0 Å². The Labute approximate surface area is 68.9 Å². The lowest BCUT2D eigenvalue weighted by Crippen LogP contribution is -2.28. The van der Waals surface area contributed by atoms with Gasteiger partial charge in [0.1, 0.15) is 0 Å². The molecule has 0 N–H and O–H groups in total. The van der Waals surface area contributed by atoms with Crippen molar-refractivity contribution in [3.05, 3.63) is 42.1 Å². The van der Waals surface area contributed by atoms with Gasteiger partial charge in [-0.3, -0.25) is 4.79 Å². The minimum absolute atomic E-state index is 0.0856. The predicted molar refractivity (Wildman–Crippen MR) is 42.4 cm³/mol.